The van der Waals surface area contributed by atoms with E-state index >= 15 is 0 Å². The van der Waals surface area contributed by atoms with E-state index < -0.39 is 15.8 Å². The van der Waals surface area contributed by atoms with Gasteiger partial charge >= 0.3 is 0 Å². The van der Waals surface area contributed by atoms with Crippen molar-refractivity contribution in [3.63, 3.8) is 0 Å². The Bertz CT molecular complexity index is 934. The number of likely N-dealkylation sites (N-methyl/N-ethyl adjacent to an activating group) is 1. The first-order valence-electron chi connectivity index (χ1n) is 8.25. The molecular weight excluding hydrogens is 344 g/mol. The molecule has 2 fully saturated rings. The zero-order valence-electron chi connectivity index (χ0n) is 14.2. The van der Waals surface area contributed by atoms with Crippen LogP contribution in [0.1, 0.15) is 12.2 Å². The molecule has 0 bridgehead atoms. The summed E-state index contributed by atoms with van der Waals surface area (Å²) in [5.74, 6) is 1.19. The Morgan fingerprint density at radius 2 is 2.04 bits per heavy atom. The lowest BCUT2D eigenvalue weighted by molar-refractivity contribution is -0.136. The van der Waals surface area contributed by atoms with Gasteiger partial charge in [0.25, 0.3) is 0 Å². The number of anilines is 1. The van der Waals surface area contributed by atoms with E-state index in [1.54, 1.807) is 16.5 Å². The second-order valence-electron chi connectivity index (χ2n) is 6.82. The lowest BCUT2D eigenvalue weighted by Crippen LogP contribution is -2.61. The standard InChI is InChI=1S/C15H20N6O3S/c1-10-16-17-13-3-4-14(18-21(10)13)20-7-12(8-20)19(2)15(22)11-5-6-25(23,24)9-11/h3-4,11-12H,5-9H2,1-2H3. The van der Waals surface area contributed by atoms with Crippen LogP contribution >= 0.6 is 0 Å². The predicted octanol–water partition coefficient (Wildman–Crippen LogP) is -0.486. The first-order valence-corrected chi connectivity index (χ1v) is 10.1. The van der Waals surface area contributed by atoms with Gasteiger partial charge in [-0.1, -0.05) is 0 Å². The van der Waals surface area contributed by atoms with Crippen LogP contribution in [-0.2, 0) is 14.6 Å². The lowest BCUT2D eigenvalue weighted by Gasteiger charge is -2.45. The van der Waals surface area contributed by atoms with Gasteiger partial charge in [-0.3, -0.25) is 4.79 Å². The third-order valence-corrected chi connectivity index (χ3v) is 6.84. The number of aryl methyl sites for hydroxylation is 1. The van der Waals surface area contributed by atoms with Crippen LogP contribution in [0, 0.1) is 12.8 Å². The van der Waals surface area contributed by atoms with Crippen molar-refractivity contribution in [2.24, 2.45) is 5.92 Å². The molecule has 2 aliphatic heterocycles. The van der Waals surface area contributed by atoms with E-state index in [2.05, 4.69) is 20.2 Å². The van der Waals surface area contributed by atoms with Gasteiger partial charge in [0.1, 0.15) is 5.82 Å². The number of fused-ring (bicyclic) bond motifs is 1. The summed E-state index contributed by atoms with van der Waals surface area (Å²) >= 11 is 0. The number of nitrogens with zero attached hydrogens (tertiary/aromatic N) is 6. The molecule has 2 aromatic heterocycles. The Labute approximate surface area is 145 Å². The van der Waals surface area contributed by atoms with Crippen molar-refractivity contribution in [1.29, 1.82) is 0 Å². The highest BCUT2D eigenvalue weighted by Crippen LogP contribution is 2.25. The number of carbonyl (C=O) groups is 1. The average molecular weight is 364 g/mol. The quantitative estimate of drug-likeness (QED) is 0.725. The van der Waals surface area contributed by atoms with Crippen LogP contribution in [0.25, 0.3) is 5.65 Å². The summed E-state index contributed by atoms with van der Waals surface area (Å²) in [6.07, 6.45) is 0.438. The molecule has 0 radical (unpaired) electrons. The smallest absolute Gasteiger partial charge is 0.226 e. The van der Waals surface area contributed by atoms with Gasteiger partial charge in [-0.2, -0.15) is 4.52 Å². The molecule has 4 rings (SSSR count). The molecule has 9 nitrogen and oxygen atoms in total. The fourth-order valence-corrected chi connectivity index (χ4v) is 5.13. The summed E-state index contributed by atoms with van der Waals surface area (Å²) in [6.45, 7) is 3.21. The Hall–Kier alpha value is -2.23. The van der Waals surface area contributed by atoms with Crippen molar-refractivity contribution in [3.05, 3.63) is 18.0 Å². The molecular formula is C15H20N6O3S. The molecule has 0 spiro atoms. The van der Waals surface area contributed by atoms with Crippen LogP contribution in [0.3, 0.4) is 0 Å². The second kappa shape index (κ2) is 5.65. The Morgan fingerprint density at radius 1 is 1.28 bits per heavy atom. The van der Waals surface area contributed by atoms with Gasteiger partial charge in [0.05, 0.1) is 23.5 Å². The number of amides is 1. The molecule has 0 aliphatic carbocycles. The molecule has 2 saturated heterocycles. The summed E-state index contributed by atoms with van der Waals surface area (Å²) in [7, 11) is -1.28. The van der Waals surface area contributed by atoms with E-state index in [1.165, 1.54) is 0 Å². The Morgan fingerprint density at radius 3 is 2.72 bits per heavy atom. The van der Waals surface area contributed by atoms with Crippen molar-refractivity contribution in [1.82, 2.24) is 24.7 Å². The minimum Gasteiger partial charge on any atom is -0.351 e. The first-order chi connectivity index (χ1) is 11.8. The zero-order valence-corrected chi connectivity index (χ0v) is 15.0. The van der Waals surface area contributed by atoms with Gasteiger partial charge in [-0.15, -0.1) is 15.3 Å². The van der Waals surface area contributed by atoms with Crippen LogP contribution in [0.2, 0.25) is 0 Å². The first kappa shape index (κ1) is 16.2. The van der Waals surface area contributed by atoms with E-state index in [0.29, 0.717) is 25.2 Å². The predicted molar refractivity (Wildman–Crippen MR) is 91.1 cm³/mol. The number of sulfone groups is 1. The molecule has 0 saturated carbocycles. The Kier molecular flexibility index (Phi) is 3.67. The van der Waals surface area contributed by atoms with Crippen molar-refractivity contribution in [2.45, 2.75) is 19.4 Å². The largest absolute Gasteiger partial charge is 0.351 e. The van der Waals surface area contributed by atoms with E-state index in [0.717, 1.165) is 11.6 Å². The molecule has 1 atom stereocenters. The third-order valence-electron chi connectivity index (χ3n) is 5.07. The third kappa shape index (κ3) is 2.84. The van der Waals surface area contributed by atoms with Crippen molar-refractivity contribution in [3.8, 4) is 0 Å². The molecule has 2 aromatic rings. The summed E-state index contributed by atoms with van der Waals surface area (Å²) in [4.78, 5) is 16.3. The number of hydrogen-bond acceptors (Lipinski definition) is 7. The highest BCUT2D eigenvalue weighted by molar-refractivity contribution is 7.91. The average Bonchev–Trinajstić information content (AvgIpc) is 3.08. The maximum Gasteiger partial charge on any atom is 0.226 e. The number of carbonyl (C=O) groups excluding carboxylic acids is 1. The highest BCUT2D eigenvalue weighted by atomic mass is 32.2. The van der Waals surface area contributed by atoms with Crippen LogP contribution in [0.5, 0.6) is 0 Å². The monoisotopic (exact) mass is 364 g/mol. The van der Waals surface area contributed by atoms with Gasteiger partial charge in [-0.25, -0.2) is 8.42 Å². The number of hydrogen-bond donors (Lipinski definition) is 0. The van der Waals surface area contributed by atoms with Crippen LogP contribution < -0.4 is 4.90 Å². The SMILES string of the molecule is Cc1nnc2ccc(N3CC(N(C)C(=O)C4CCS(=O)(=O)C4)C3)nn12. The lowest BCUT2D eigenvalue weighted by atomic mass is 10.0. The molecule has 2 aliphatic rings. The normalized spacial score (nSPS) is 23.0. The minimum atomic E-state index is -3.04. The molecule has 1 amide bonds. The zero-order chi connectivity index (χ0) is 17.8. The maximum absolute atomic E-state index is 12.5. The van der Waals surface area contributed by atoms with E-state index in [1.807, 2.05) is 19.1 Å². The van der Waals surface area contributed by atoms with E-state index in [4.69, 9.17) is 0 Å². The fourth-order valence-electron chi connectivity index (χ4n) is 3.40. The highest BCUT2D eigenvalue weighted by Gasteiger charge is 2.39. The summed E-state index contributed by atoms with van der Waals surface area (Å²) in [6, 6.07) is 3.84. The van der Waals surface area contributed by atoms with Crippen molar-refractivity contribution < 1.29 is 13.2 Å². The minimum absolute atomic E-state index is 0.0161. The number of rotatable bonds is 3. The molecule has 0 aromatic carbocycles. The van der Waals surface area contributed by atoms with E-state index in [-0.39, 0.29) is 23.5 Å². The van der Waals surface area contributed by atoms with Crippen LogP contribution in [0.15, 0.2) is 12.1 Å². The van der Waals surface area contributed by atoms with Gasteiger partial charge < -0.3 is 9.80 Å². The molecule has 25 heavy (non-hydrogen) atoms. The fraction of sp³-hybridized carbons (Fsp3) is 0.600. The molecule has 0 N–H and O–H groups in total. The molecule has 10 heteroatoms. The van der Waals surface area contributed by atoms with Gasteiger partial charge in [0, 0.05) is 20.1 Å². The molecule has 1 unspecified atom stereocenters. The number of aromatic nitrogens is 4. The summed E-state index contributed by atoms with van der Waals surface area (Å²) in [5.41, 5.74) is 0.702. The Balaban J connectivity index is 1.40. The van der Waals surface area contributed by atoms with Gasteiger partial charge in [0.2, 0.25) is 5.91 Å². The summed E-state index contributed by atoms with van der Waals surface area (Å²) < 4.78 is 24.8. The molecule has 4 heterocycles. The summed E-state index contributed by atoms with van der Waals surface area (Å²) in [5, 5.41) is 12.5. The van der Waals surface area contributed by atoms with Crippen molar-refractivity contribution in [2.75, 3.05) is 36.5 Å². The van der Waals surface area contributed by atoms with Gasteiger partial charge in [0.15, 0.2) is 21.3 Å². The van der Waals surface area contributed by atoms with E-state index in [9.17, 15) is 13.2 Å². The van der Waals surface area contributed by atoms with Crippen LogP contribution in [-0.4, -0.2) is 76.7 Å². The second-order valence-corrected chi connectivity index (χ2v) is 9.05. The maximum atomic E-state index is 12.5. The van der Waals surface area contributed by atoms with Gasteiger partial charge in [-0.05, 0) is 25.5 Å². The van der Waals surface area contributed by atoms with Crippen molar-refractivity contribution >= 4 is 27.2 Å². The van der Waals surface area contributed by atoms with Crippen LogP contribution in [0.4, 0.5) is 5.82 Å². The molecule has 134 valence electrons. The topological polar surface area (TPSA) is 101 Å².